The maximum atomic E-state index is 6.64. The van der Waals surface area contributed by atoms with Crippen LogP contribution in [-0.2, 0) is 18.3 Å². The molecule has 0 saturated carbocycles. The number of hydrogen-bond donors (Lipinski definition) is 1. The van der Waals surface area contributed by atoms with Crippen LogP contribution in [0.3, 0.4) is 0 Å². The van der Waals surface area contributed by atoms with Gasteiger partial charge in [0, 0.05) is 11.0 Å². The van der Waals surface area contributed by atoms with Crippen LogP contribution in [0.25, 0.3) is 17.0 Å². The Kier molecular flexibility index (Phi) is 10.3. The molecule has 210 valence electrons. The van der Waals surface area contributed by atoms with Crippen molar-refractivity contribution in [2.75, 3.05) is 0 Å². The summed E-state index contributed by atoms with van der Waals surface area (Å²) >= 11 is 6.64. The second-order valence-corrected chi connectivity index (χ2v) is 12.7. The molecule has 0 fully saturated rings. The number of nitrogens with one attached hydrogen (secondary N) is 1. The van der Waals surface area contributed by atoms with Crippen LogP contribution in [0.5, 0.6) is 0 Å². The van der Waals surface area contributed by atoms with E-state index in [0.29, 0.717) is 16.5 Å². The number of halogens is 1. The van der Waals surface area contributed by atoms with Crippen LogP contribution >= 0.6 is 11.6 Å². The van der Waals surface area contributed by atoms with E-state index in [1.54, 1.807) is 4.63 Å². The third kappa shape index (κ3) is 7.97. The number of unbranched alkanes of at least 4 members (excludes halogenated alkanes) is 9. The maximum Gasteiger partial charge on any atom is 0.194 e. The Bertz CT molecular complexity index is 1320. The molecule has 2 aromatic carbocycles. The number of fused-ring (bicyclic) bond motifs is 1. The van der Waals surface area contributed by atoms with E-state index in [-0.39, 0.29) is 5.41 Å². The molecule has 0 radical (unpaired) electrons. The summed E-state index contributed by atoms with van der Waals surface area (Å²) in [5.41, 5.74) is 7.92. The van der Waals surface area contributed by atoms with Crippen molar-refractivity contribution in [2.24, 2.45) is 0 Å². The fourth-order valence-electron chi connectivity index (χ4n) is 5.28. The van der Waals surface area contributed by atoms with Crippen molar-refractivity contribution in [1.29, 1.82) is 0 Å². The Hall–Kier alpha value is -2.59. The predicted molar refractivity (Wildman–Crippen MR) is 166 cm³/mol. The van der Waals surface area contributed by atoms with E-state index in [0.717, 1.165) is 17.7 Å². The number of aromatic amines is 1. The van der Waals surface area contributed by atoms with Crippen LogP contribution in [-0.4, -0.2) is 19.8 Å². The first kappa shape index (κ1) is 29.4. The largest absolute Gasteiger partial charge is 0.278 e. The van der Waals surface area contributed by atoms with Gasteiger partial charge in [-0.05, 0) is 54.5 Å². The van der Waals surface area contributed by atoms with Gasteiger partial charge in [-0.15, -0.1) is 5.10 Å². The van der Waals surface area contributed by atoms with Crippen molar-refractivity contribution >= 4 is 17.2 Å². The highest BCUT2D eigenvalue weighted by atomic mass is 35.5. The Morgan fingerprint density at radius 3 is 2.05 bits per heavy atom. The van der Waals surface area contributed by atoms with E-state index in [9.17, 15) is 0 Å². The number of benzene rings is 2. The van der Waals surface area contributed by atoms with Crippen LogP contribution in [0.1, 0.15) is 120 Å². The van der Waals surface area contributed by atoms with E-state index < -0.39 is 0 Å². The van der Waals surface area contributed by atoms with Crippen LogP contribution in [0.2, 0.25) is 5.02 Å². The van der Waals surface area contributed by atoms with Gasteiger partial charge < -0.3 is 0 Å². The van der Waals surface area contributed by atoms with Crippen LogP contribution in [0.15, 0.2) is 42.5 Å². The molecule has 4 rings (SSSR count). The summed E-state index contributed by atoms with van der Waals surface area (Å²) in [5.74, 6) is 0.691. The van der Waals surface area contributed by atoms with Gasteiger partial charge in [-0.3, -0.25) is 5.10 Å². The molecule has 39 heavy (non-hydrogen) atoms. The quantitative estimate of drug-likeness (QED) is 0.160. The minimum absolute atomic E-state index is 0.0978. The highest BCUT2D eigenvalue weighted by molar-refractivity contribution is 6.34. The lowest BCUT2D eigenvalue weighted by Crippen LogP contribution is -2.13. The lowest BCUT2D eigenvalue weighted by molar-refractivity contribution is 0.556. The van der Waals surface area contributed by atoms with Gasteiger partial charge in [0.25, 0.3) is 0 Å². The fraction of sp³-hybridized carbons (Fsp3) is 0.529. The predicted octanol–water partition coefficient (Wildman–Crippen LogP) is 10.0. The molecule has 4 aromatic rings. The van der Waals surface area contributed by atoms with Crippen molar-refractivity contribution in [1.82, 2.24) is 19.8 Å². The molecule has 0 aliphatic carbocycles. The standard InChI is InChI=1S/C34H47ClN4/c1-6-7-8-9-10-11-12-13-14-15-16-26-18-20-27(21-19-26)23-29-24-28(22-17-25(29)2)32-36-33-30(35)31(34(3,4)5)37-39(33)38-32/h17-22,24,37H,6-16,23H2,1-5H3. The van der Waals surface area contributed by atoms with E-state index in [1.807, 2.05) is 0 Å². The van der Waals surface area contributed by atoms with Gasteiger partial charge in [-0.25, -0.2) is 4.98 Å². The first-order valence-corrected chi connectivity index (χ1v) is 15.5. The zero-order valence-corrected chi connectivity index (χ0v) is 25.5. The molecular formula is C34H47ClN4. The van der Waals surface area contributed by atoms with Crippen LogP contribution < -0.4 is 0 Å². The summed E-state index contributed by atoms with van der Waals surface area (Å²) in [7, 11) is 0. The maximum absolute atomic E-state index is 6.64. The van der Waals surface area contributed by atoms with Gasteiger partial charge >= 0.3 is 0 Å². The van der Waals surface area contributed by atoms with Crippen LogP contribution in [0.4, 0.5) is 0 Å². The van der Waals surface area contributed by atoms with E-state index in [1.165, 1.54) is 92.9 Å². The molecule has 5 heteroatoms. The Balaban J connectivity index is 1.30. The van der Waals surface area contributed by atoms with Crippen molar-refractivity contribution in [3.05, 3.63) is 75.4 Å². The second kappa shape index (κ2) is 13.7. The monoisotopic (exact) mass is 546 g/mol. The second-order valence-electron chi connectivity index (χ2n) is 12.3. The SMILES string of the molecule is CCCCCCCCCCCCc1ccc(Cc2cc(-c3nc4c(Cl)c(C(C)(C)C)[nH]n4n3)ccc2C)cc1. The summed E-state index contributed by atoms with van der Waals surface area (Å²) < 4.78 is 1.70. The third-order valence-electron chi connectivity index (χ3n) is 7.83. The molecule has 0 bridgehead atoms. The van der Waals surface area contributed by atoms with Crippen molar-refractivity contribution in [2.45, 2.75) is 117 Å². The van der Waals surface area contributed by atoms with Gasteiger partial charge in [-0.2, -0.15) is 4.63 Å². The normalized spacial score (nSPS) is 12.1. The van der Waals surface area contributed by atoms with Gasteiger partial charge in [-0.1, -0.05) is 133 Å². The van der Waals surface area contributed by atoms with E-state index in [4.69, 9.17) is 21.7 Å². The zero-order valence-electron chi connectivity index (χ0n) is 24.7. The molecule has 1 N–H and O–H groups in total. The first-order chi connectivity index (χ1) is 18.8. The van der Waals surface area contributed by atoms with Crippen molar-refractivity contribution in [3.63, 3.8) is 0 Å². The number of aryl methyl sites for hydroxylation is 2. The summed E-state index contributed by atoms with van der Waals surface area (Å²) in [6.45, 7) is 10.8. The van der Waals surface area contributed by atoms with Gasteiger partial charge in [0.15, 0.2) is 11.5 Å². The lowest BCUT2D eigenvalue weighted by atomic mass is 9.92. The molecule has 0 amide bonds. The Morgan fingerprint density at radius 2 is 1.44 bits per heavy atom. The van der Waals surface area contributed by atoms with Crippen molar-refractivity contribution < 1.29 is 0 Å². The molecule has 0 atom stereocenters. The summed E-state index contributed by atoms with van der Waals surface area (Å²) in [6.07, 6.45) is 15.9. The highest BCUT2D eigenvalue weighted by Crippen LogP contribution is 2.32. The zero-order chi connectivity index (χ0) is 27.8. The molecule has 0 saturated heterocycles. The summed E-state index contributed by atoms with van der Waals surface area (Å²) in [6, 6.07) is 15.7. The average molecular weight is 547 g/mol. The molecule has 2 heterocycles. The topological polar surface area (TPSA) is 46.0 Å². The van der Waals surface area contributed by atoms with Gasteiger partial charge in [0.2, 0.25) is 0 Å². The van der Waals surface area contributed by atoms with Gasteiger partial charge in [0.05, 0.1) is 5.69 Å². The van der Waals surface area contributed by atoms with Crippen LogP contribution in [0, 0.1) is 6.92 Å². The number of aromatic nitrogens is 4. The third-order valence-corrected chi connectivity index (χ3v) is 8.19. The molecule has 0 spiro atoms. The molecule has 0 unspecified atom stereocenters. The summed E-state index contributed by atoms with van der Waals surface area (Å²) in [5, 5.41) is 8.66. The van der Waals surface area contributed by atoms with Gasteiger partial charge in [0.1, 0.15) is 5.02 Å². The first-order valence-electron chi connectivity index (χ1n) is 15.1. The minimum atomic E-state index is -0.0978. The Morgan fingerprint density at radius 1 is 0.821 bits per heavy atom. The fourth-order valence-corrected chi connectivity index (χ4v) is 5.73. The minimum Gasteiger partial charge on any atom is -0.278 e. The summed E-state index contributed by atoms with van der Waals surface area (Å²) in [4.78, 5) is 4.76. The molecular weight excluding hydrogens is 500 g/mol. The molecule has 4 nitrogen and oxygen atoms in total. The molecule has 2 aromatic heterocycles. The molecule has 0 aliphatic rings. The highest BCUT2D eigenvalue weighted by Gasteiger charge is 2.24. The number of hydrogen-bond acceptors (Lipinski definition) is 2. The smallest absolute Gasteiger partial charge is 0.194 e. The van der Waals surface area contributed by atoms with E-state index >= 15 is 0 Å². The number of nitrogens with zero attached hydrogens (tertiary/aromatic N) is 3. The van der Waals surface area contributed by atoms with E-state index in [2.05, 4.69) is 82.2 Å². The average Bonchev–Trinajstić information content (AvgIpc) is 3.47. The Labute approximate surface area is 240 Å². The number of H-pyrrole nitrogens is 1. The lowest BCUT2D eigenvalue weighted by Gasteiger charge is -2.16. The number of rotatable bonds is 14. The van der Waals surface area contributed by atoms with Crippen molar-refractivity contribution in [3.8, 4) is 11.4 Å². The molecule has 0 aliphatic heterocycles.